The molecular weight excluding hydrogens is 569 g/mol. The van der Waals surface area contributed by atoms with Gasteiger partial charge in [0, 0.05) is 45.6 Å². The van der Waals surface area contributed by atoms with Crippen LogP contribution < -0.4 is 24.8 Å². The summed E-state index contributed by atoms with van der Waals surface area (Å²) in [6.07, 6.45) is 1.76. The Morgan fingerprint density at radius 2 is 1.98 bits per heavy atom. The molecule has 222 valence electrons. The van der Waals surface area contributed by atoms with Gasteiger partial charge in [-0.05, 0) is 41.8 Å². The lowest BCUT2D eigenvalue weighted by Crippen LogP contribution is -2.58. The first-order valence-corrected chi connectivity index (χ1v) is 13.9. The van der Waals surface area contributed by atoms with Crippen LogP contribution in [0.3, 0.4) is 0 Å². The van der Waals surface area contributed by atoms with Crippen LogP contribution in [-0.2, 0) is 29.6 Å². The third kappa shape index (κ3) is 6.76. The molecule has 0 saturated carbocycles. The van der Waals surface area contributed by atoms with Crippen LogP contribution in [0, 0.1) is 5.82 Å². The van der Waals surface area contributed by atoms with E-state index in [0.717, 1.165) is 5.56 Å². The summed E-state index contributed by atoms with van der Waals surface area (Å²) in [6, 6.07) is 8.83. The molecule has 4 bridgehead atoms. The number of halogens is 2. The summed E-state index contributed by atoms with van der Waals surface area (Å²) in [5.74, 6) is -0.473. The van der Waals surface area contributed by atoms with E-state index >= 15 is 0 Å². The fourth-order valence-electron chi connectivity index (χ4n) is 5.09. The zero-order chi connectivity index (χ0) is 29.8. The average Bonchev–Trinajstić information content (AvgIpc) is 3.31. The van der Waals surface area contributed by atoms with E-state index in [1.54, 1.807) is 30.1 Å². The highest BCUT2D eigenvalue weighted by molar-refractivity contribution is 6.33. The van der Waals surface area contributed by atoms with Crippen LogP contribution >= 0.6 is 11.6 Å². The van der Waals surface area contributed by atoms with Crippen molar-refractivity contribution in [2.45, 2.75) is 38.0 Å². The minimum atomic E-state index is -0.663. The number of fused-ring (bicyclic) bond motifs is 5. The predicted molar refractivity (Wildman–Crippen MR) is 150 cm³/mol. The first-order valence-electron chi connectivity index (χ1n) is 13.5. The minimum absolute atomic E-state index is 0.105. The Morgan fingerprint density at radius 3 is 2.74 bits per heavy atom. The largest absolute Gasteiger partial charge is 0.493 e. The van der Waals surface area contributed by atoms with Crippen LogP contribution in [0.15, 0.2) is 42.6 Å². The molecule has 0 radical (unpaired) electrons. The summed E-state index contributed by atoms with van der Waals surface area (Å²) in [5.41, 5.74) is 1.58. The van der Waals surface area contributed by atoms with Gasteiger partial charge in [0.25, 0.3) is 11.8 Å². The minimum Gasteiger partial charge on any atom is -0.493 e. The summed E-state index contributed by atoms with van der Waals surface area (Å²) >= 11 is 6.22. The van der Waals surface area contributed by atoms with E-state index in [1.165, 1.54) is 30.1 Å². The number of nitrogens with one attached hydrogen (secondary N) is 2. The summed E-state index contributed by atoms with van der Waals surface area (Å²) in [4.78, 5) is 40.6. The van der Waals surface area contributed by atoms with E-state index in [0.29, 0.717) is 36.4 Å². The molecule has 1 saturated heterocycles. The number of aromatic nitrogens is 2. The molecule has 2 aromatic carbocycles. The number of nitrogens with zero attached hydrogens (tertiary/aromatic N) is 3. The van der Waals surface area contributed by atoms with Crippen molar-refractivity contribution < 1.29 is 33.0 Å². The van der Waals surface area contributed by atoms with Crippen molar-refractivity contribution >= 4 is 29.3 Å². The Balaban J connectivity index is 1.43. The molecule has 11 nitrogen and oxygen atoms in total. The lowest BCUT2D eigenvalue weighted by Gasteiger charge is -2.38. The monoisotopic (exact) mass is 599 g/mol. The Labute approximate surface area is 246 Å². The lowest BCUT2D eigenvalue weighted by atomic mass is 10.0. The van der Waals surface area contributed by atoms with E-state index in [4.69, 9.17) is 25.8 Å². The van der Waals surface area contributed by atoms with Crippen molar-refractivity contribution in [3.05, 3.63) is 70.3 Å². The van der Waals surface area contributed by atoms with Crippen molar-refractivity contribution in [3.63, 3.8) is 0 Å². The molecule has 3 amide bonds. The van der Waals surface area contributed by atoms with Gasteiger partial charge in [-0.3, -0.25) is 19.1 Å². The maximum Gasteiger partial charge on any atom is 0.273 e. The van der Waals surface area contributed by atoms with Crippen molar-refractivity contribution in [2.24, 2.45) is 7.05 Å². The number of hydrogen-bond acceptors (Lipinski definition) is 7. The number of aryl methyl sites for hydroxylation is 2. The number of amides is 3. The van der Waals surface area contributed by atoms with Gasteiger partial charge in [0.15, 0.2) is 18.1 Å². The number of carbonyl (C=O) groups is 3. The van der Waals surface area contributed by atoms with Crippen LogP contribution in [0.1, 0.15) is 34.5 Å². The van der Waals surface area contributed by atoms with E-state index in [1.807, 2.05) is 6.07 Å². The van der Waals surface area contributed by atoms with Crippen LogP contribution in [0.2, 0.25) is 5.02 Å². The first-order chi connectivity index (χ1) is 20.2. The number of ether oxygens (including phenoxy) is 3. The highest BCUT2D eigenvalue weighted by Crippen LogP contribution is 2.29. The Bertz CT molecular complexity index is 1480. The Kier molecular flexibility index (Phi) is 8.81. The number of benzene rings is 2. The van der Waals surface area contributed by atoms with Gasteiger partial charge in [-0.1, -0.05) is 17.7 Å². The van der Waals surface area contributed by atoms with Gasteiger partial charge in [0.05, 0.1) is 24.4 Å². The zero-order valence-corrected chi connectivity index (χ0v) is 23.9. The van der Waals surface area contributed by atoms with E-state index in [9.17, 15) is 18.8 Å². The maximum absolute atomic E-state index is 14.5. The fourth-order valence-corrected chi connectivity index (χ4v) is 5.34. The molecule has 0 aliphatic carbocycles. The van der Waals surface area contributed by atoms with Crippen molar-refractivity contribution in [3.8, 4) is 17.2 Å². The number of piperidine rings is 1. The summed E-state index contributed by atoms with van der Waals surface area (Å²) in [5, 5.41) is 10.0. The van der Waals surface area contributed by atoms with Gasteiger partial charge in [0.1, 0.15) is 23.4 Å². The van der Waals surface area contributed by atoms with Crippen molar-refractivity contribution in [1.29, 1.82) is 0 Å². The predicted octanol–water partition coefficient (Wildman–Crippen LogP) is 2.64. The molecule has 5 rings (SSSR count). The van der Waals surface area contributed by atoms with Gasteiger partial charge >= 0.3 is 0 Å². The second kappa shape index (κ2) is 12.7. The van der Waals surface area contributed by atoms with E-state index in [2.05, 4.69) is 15.7 Å². The molecule has 3 aromatic rings. The summed E-state index contributed by atoms with van der Waals surface area (Å²) in [6.45, 7) is 0.182. The molecule has 1 fully saturated rings. The molecule has 3 heterocycles. The highest BCUT2D eigenvalue weighted by Gasteiger charge is 2.36. The smallest absolute Gasteiger partial charge is 0.273 e. The fraction of sp³-hybridized carbons (Fsp3) is 0.379. The molecule has 42 heavy (non-hydrogen) atoms. The highest BCUT2D eigenvalue weighted by atomic mass is 35.5. The molecule has 2 N–H and O–H groups in total. The molecule has 13 heteroatoms. The molecule has 2 aliphatic heterocycles. The van der Waals surface area contributed by atoms with Gasteiger partial charge < -0.3 is 29.7 Å². The third-order valence-corrected chi connectivity index (χ3v) is 7.49. The second-order valence-corrected chi connectivity index (χ2v) is 10.6. The topological polar surface area (TPSA) is 124 Å². The summed E-state index contributed by atoms with van der Waals surface area (Å²) < 4.78 is 33.3. The number of likely N-dealkylation sites (tertiary alicyclic amines) is 1. The molecule has 2 atom stereocenters. The van der Waals surface area contributed by atoms with Gasteiger partial charge in [-0.15, -0.1) is 0 Å². The maximum atomic E-state index is 14.5. The normalized spacial score (nSPS) is 19.7. The number of rotatable bonds is 2. The molecule has 1 aromatic heterocycles. The second-order valence-electron chi connectivity index (χ2n) is 10.2. The summed E-state index contributed by atoms with van der Waals surface area (Å²) in [7, 11) is 3.12. The molecule has 0 unspecified atom stereocenters. The number of methoxy groups -OCH3 is 1. The lowest BCUT2D eigenvalue weighted by molar-refractivity contribution is -0.125. The van der Waals surface area contributed by atoms with Crippen molar-refractivity contribution in [1.82, 2.24) is 25.3 Å². The van der Waals surface area contributed by atoms with Crippen LogP contribution in [0.4, 0.5) is 4.39 Å². The first kappa shape index (κ1) is 29.2. The molecular formula is C29H31ClFN5O6. The van der Waals surface area contributed by atoms with E-state index in [-0.39, 0.29) is 54.4 Å². The molecule has 0 spiro atoms. The van der Waals surface area contributed by atoms with Crippen LogP contribution in [0.5, 0.6) is 17.2 Å². The average molecular weight is 600 g/mol. The van der Waals surface area contributed by atoms with Gasteiger partial charge in [-0.2, -0.15) is 5.10 Å². The molecule has 2 aliphatic rings. The quantitative estimate of drug-likeness (QED) is 0.464. The van der Waals surface area contributed by atoms with Crippen molar-refractivity contribution in [2.75, 3.05) is 26.8 Å². The van der Waals surface area contributed by atoms with Crippen LogP contribution in [-0.4, -0.2) is 71.4 Å². The number of carbonyl (C=O) groups excluding carboxylic acids is 3. The SMILES string of the molecule is COc1ccc2cc1OCC(=O)N[C@@H]1CN(C(=O)c3c(Cl)cnn3C)CC[C@H]1Oc1cc(F)cc(c1)CNC(=O)CC2. The van der Waals surface area contributed by atoms with E-state index < -0.39 is 23.9 Å². The zero-order valence-electron chi connectivity index (χ0n) is 23.2. The number of hydrogen-bond donors (Lipinski definition) is 2. The standard InChI is InChI=1S/C29H31ClFN5O6/c1-35-28(21(30)14-33-35)29(39)36-8-7-23-22(15-36)34-27(38)16-41-25-11-17(3-5-24(25)40-2)4-6-26(37)32-13-18-9-19(31)12-20(10-18)42-23/h3,5,9-12,14,22-23H,4,6-8,13,15-16H2,1-2H3,(H,32,37)(H,34,38)/t22-,23-/m1/s1. The van der Waals surface area contributed by atoms with Crippen LogP contribution in [0.25, 0.3) is 0 Å². The Morgan fingerprint density at radius 1 is 1.14 bits per heavy atom. The Hall–Kier alpha value is -4.32. The third-order valence-electron chi connectivity index (χ3n) is 7.22. The van der Waals surface area contributed by atoms with Gasteiger partial charge in [0.2, 0.25) is 5.91 Å². The van der Waals surface area contributed by atoms with Gasteiger partial charge in [-0.25, -0.2) is 4.39 Å².